The fourth-order valence-electron chi connectivity index (χ4n) is 1.67. The van der Waals surface area contributed by atoms with Crippen molar-refractivity contribution in [1.29, 1.82) is 0 Å². The molecule has 0 aliphatic heterocycles. The molecule has 0 unspecified atom stereocenters. The molecule has 0 bridgehead atoms. The van der Waals surface area contributed by atoms with Crippen LogP contribution in [0.3, 0.4) is 0 Å². The van der Waals surface area contributed by atoms with Gasteiger partial charge in [-0.3, -0.25) is 0 Å². The van der Waals surface area contributed by atoms with Crippen LogP contribution >= 0.6 is 0 Å². The molecule has 90 valence electrons. The van der Waals surface area contributed by atoms with Gasteiger partial charge in [0.15, 0.2) is 0 Å². The molecule has 0 aromatic heterocycles. The molecule has 0 amide bonds. The van der Waals surface area contributed by atoms with E-state index < -0.39 is 0 Å². The van der Waals surface area contributed by atoms with Gasteiger partial charge in [0.1, 0.15) is 5.82 Å². The maximum Gasteiger partial charge on any atom is 0.126 e. The van der Waals surface area contributed by atoms with Crippen LogP contribution in [0.15, 0.2) is 18.2 Å². The van der Waals surface area contributed by atoms with Crippen LogP contribution in [0, 0.1) is 12.7 Å². The average molecular weight is 224 g/mol. The lowest BCUT2D eigenvalue weighted by Gasteiger charge is -2.26. The van der Waals surface area contributed by atoms with Crippen molar-refractivity contribution in [2.24, 2.45) is 5.73 Å². The highest BCUT2D eigenvalue weighted by Gasteiger charge is 2.20. The van der Waals surface area contributed by atoms with Gasteiger partial charge in [0.05, 0.1) is 0 Å². The second kappa shape index (κ2) is 5.41. The van der Waals surface area contributed by atoms with E-state index in [9.17, 15) is 4.39 Å². The Morgan fingerprint density at radius 3 is 2.62 bits per heavy atom. The Labute approximate surface area is 97.0 Å². The smallest absolute Gasteiger partial charge is 0.126 e. The van der Waals surface area contributed by atoms with Gasteiger partial charge in [-0.05, 0) is 24.1 Å². The van der Waals surface area contributed by atoms with Gasteiger partial charge in [0.2, 0.25) is 0 Å². The van der Waals surface area contributed by atoms with E-state index in [1.807, 2.05) is 12.1 Å². The molecule has 0 heterocycles. The highest BCUT2D eigenvalue weighted by molar-refractivity contribution is 5.29. The Hall–Kier alpha value is -0.930. The first-order valence-corrected chi connectivity index (χ1v) is 5.65. The standard InChI is InChI=1S/C13H21FN2/c1-10-8-11(4-5-12(10)14)13(2,3)9-16-7-6-15/h4-5,8,16H,6-7,9,15H2,1-3H3. The van der Waals surface area contributed by atoms with E-state index in [0.717, 1.165) is 18.7 Å². The fourth-order valence-corrected chi connectivity index (χ4v) is 1.67. The lowest BCUT2D eigenvalue weighted by atomic mass is 9.84. The Balaban J connectivity index is 2.76. The summed E-state index contributed by atoms with van der Waals surface area (Å²) < 4.78 is 13.2. The molecule has 1 aromatic carbocycles. The number of halogens is 1. The lowest BCUT2D eigenvalue weighted by molar-refractivity contribution is 0.472. The number of benzene rings is 1. The molecule has 0 aliphatic rings. The molecule has 0 atom stereocenters. The molecule has 0 fully saturated rings. The zero-order chi connectivity index (χ0) is 12.2. The SMILES string of the molecule is Cc1cc(C(C)(C)CNCCN)ccc1F. The highest BCUT2D eigenvalue weighted by atomic mass is 19.1. The van der Waals surface area contributed by atoms with E-state index in [1.54, 1.807) is 6.92 Å². The minimum Gasteiger partial charge on any atom is -0.329 e. The molecule has 0 spiro atoms. The van der Waals surface area contributed by atoms with Crippen molar-refractivity contribution >= 4 is 0 Å². The first kappa shape index (κ1) is 13.1. The summed E-state index contributed by atoms with van der Waals surface area (Å²) in [5.74, 6) is -0.144. The highest BCUT2D eigenvalue weighted by Crippen LogP contribution is 2.24. The molecule has 0 radical (unpaired) electrons. The molecule has 1 rings (SSSR count). The Morgan fingerprint density at radius 1 is 1.38 bits per heavy atom. The van der Waals surface area contributed by atoms with Crippen molar-refractivity contribution in [1.82, 2.24) is 5.32 Å². The first-order chi connectivity index (χ1) is 7.47. The first-order valence-electron chi connectivity index (χ1n) is 5.65. The monoisotopic (exact) mass is 224 g/mol. The van der Waals surface area contributed by atoms with Crippen LogP contribution in [0.4, 0.5) is 4.39 Å². The van der Waals surface area contributed by atoms with Crippen LogP contribution in [-0.4, -0.2) is 19.6 Å². The van der Waals surface area contributed by atoms with Crippen LogP contribution < -0.4 is 11.1 Å². The molecule has 1 aromatic rings. The Kier molecular flexibility index (Phi) is 4.44. The zero-order valence-electron chi connectivity index (χ0n) is 10.3. The maximum atomic E-state index is 13.2. The average Bonchev–Trinajstić information content (AvgIpc) is 2.22. The van der Waals surface area contributed by atoms with Crippen molar-refractivity contribution in [3.8, 4) is 0 Å². The van der Waals surface area contributed by atoms with E-state index in [1.165, 1.54) is 6.07 Å². The minimum absolute atomic E-state index is 0.00632. The van der Waals surface area contributed by atoms with Gasteiger partial charge < -0.3 is 11.1 Å². The normalized spacial score (nSPS) is 11.8. The second-order valence-corrected chi connectivity index (χ2v) is 4.81. The van der Waals surface area contributed by atoms with Gasteiger partial charge in [0, 0.05) is 25.0 Å². The van der Waals surface area contributed by atoms with Gasteiger partial charge >= 0.3 is 0 Å². The van der Waals surface area contributed by atoms with E-state index in [4.69, 9.17) is 5.73 Å². The number of nitrogens with one attached hydrogen (secondary N) is 1. The molecular weight excluding hydrogens is 203 g/mol. The second-order valence-electron chi connectivity index (χ2n) is 4.81. The minimum atomic E-state index is -0.144. The molecular formula is C13H21FN2. The number of nitrogens with two attached hydrogens (primary N) is 1. The fraction of sp³-hybridized carbons (Fsp3) is 0.538. The third-order valence-electron chi connectivity index (χ3n) is 2.83. The molecule has 0 saturated carbocycles. The zero-order valence-corrected chi connectivity index (χ0v) is 10.3. The summed E-state index contributed by atoms with van der Waals surface area (Å²) in [6.45, 7) is 8.37. The maximum absolute atomic E-state index is 13.2. The van der Waals surface area contributed by atoms with Gasteiger partial charge in [-0.1, -0.05) is 26.0 Å². The number of hydrogen-bond donors (Lipinski definition) is 2. The van der Waals surface area contributed by atoms with E-state index in [-0.39, 0.29) is 11.2 Å². The van der Waals surface area contributed by atoms with E-state index in [2.05, 4.69) is 19.2 Å². The van der Waals surface area contributed by atoms with Crippen LogP contribution in [-0.2, 0) is 5.41 Å². The number of hydrogen-bond acceptors (Lipinski definition) is 2. The summed E-state index contributed by atoms with van der Waals surface area (Å²) in [4.78, 5) is 0. The third kappa shape index (κ3) is 3.29. The summed E-state index contributed by atoms with van der Waals surface area (Å²) in [5, 5.41) is 3.29. The van der Waals surface area contributed by atoms with Crippen molar-refractivity contribution in [2.45, 2.75) is 26.2 Å². The van der Waals surface area contributed by atoms with Crippen molar-refractivity contribution in [3.05, 3.63) is 35.1 Å². The molecule has 3 heteroatoms. The van der Waals surface area contributed by atoms with Crippen molar-refractivity contribution in [2.75, 3.05) is 19.6 Å². The number of rotatable bonds is 5. The molecule has 16 heavy (non-hydrogen) atoms. The van der Waals surface area contributed by atoms with Gasteiger partial charge in [-0.2, -0.15) is 0 Å². The summed E-state index contributed by atoms with van der Waals surface area (Å²) in [7, 11) is 0. The van der Waals surface area contributed by atoms with Gasteiger partial charge in [-0.15, -0.1) is 0 Å². The number of aryl methyl sites for hydroxylation is 1. The van der Waals surface area contributed by atoms with Gasteiger partial charge in [-0.25, -0.2) is 4.39 Å². The topological polar surface area (TPSA) is 38.0 Å². The summed E-state index contributed by atoms with van der Waals surface area (Å²) >= 11 is 0. The van der Waals surface area contributed by atoms with Crippen molar-refractivity contribution in [3.63, 3.8) is 0 Å². The predicted octanol–water partition coefficient (Wildman–Crippen LogP) is 1.96. The van der Waals surface area contributed by atoms with Crippen molar-refractivity contribution < 1.29 is 4.39 Å². The quantitative estimate of drug-likeness (QED) is 0.750. The van der Waals surface area contributed by atoms with Crippen LogP contribution in [0.1, 0.15) is 25.0 Å². The Morgan fingerprint density at radius 2 is 2.06 bits per heavy atom. The summed E-state index contributed by atoms with van der Waals surface area (Å²) in [6.07, 6.45) is 0. The van der Waals surface area contributed by atoms with Gasteiger partial charge in [0.25, 0.3) is 0 Å². The third-order valence-corrected chi connectivity index (χ3v) is 2.83. The predicted molar refractivity (Wildman–Crippen MR) is 66.1 cm³/mol. The van der Waals surface area contributed by atoms with Crippen LogP contribution in [0.2, 0.25) is 0 Å². The molecule has 0 saturated heterocycles. The largest absolute Gasteiger partial charge is 0.329 e. The molecule has 3 N–H and O–H groups in total. The van der Waals surface area contributed by atoms with Crippen LogP contribution in [0.5, 0.6) is 0 Å². The van der Waals surface area contributed by atoms with Crippen LogP contribution in [0.25, 0.3) is 0 Å². The van der Waals surface area contributed by atoms with E-state index >= 15 is 0 Å². The van der Waals surface area contributed by atoms with E-state index in [0.29, 0.717) is 12.1 Å². The molecule has 2 nitrogen and oxygen atoms in total. The lowest BCUT2D eigenvalue weighted by Crippen LogP contribution is -2.35. The summed E-state index contributed by atoms with van der Waals surface area (Å²) in [6, 6.07) is 5.31. The molecule has 0 aliphatic carbocycles. The Bertz CT molecular complexity index is 348. The summed E-state index contributed by atoms with van der Waals surface area (Å²) in [5.41, 5.74) is 7.27.